The predicted molar refractivity (Wildman–Crippen MR) is 151 cm³/mol. The first-order valence-electron chi connectivity index (χ1n) is 12.6. The highest BCUT2D eigenvalue weighted by Gasteiger charge is 2.30. The molecule has 0 aliphatic heterocycles. The number of ether oxygens (including phenoxy) is 2. The van der Waals surface area contributed by atoms with Gasteiger partial charge in [0.25, 0.3) is 5.91 Å². The summed E-state index contributed by atoms with van der Waals surface area (Å²) in [5.41, 5.74) is 1.74. The number of thiophene rings is 1. The van der Waals surface area contributed by atoms with Crippen LogP contribution in [0.1, 0.15) is 41.1 Å². The summed E-state index contributed by atoms with van der Waals surface area (Å²) < 4.78 is 37.7. The van der Waals surface area contributed by atoms with Crippen LogP contribution >= 0.6 is 22.7 Å². The quantitative estimate of drug-likeness (QED) is 0.365. The van der Waals surface area contributed by atoms with Gasteiger partial charge in [-0.2, -0.15) is 4.99 Å². The standard InChI is InChI=1S/C26H29N3O8S3/c1-4-37-25(33)23-16-10-9-15(2)11-19(16)38-24(23)27-20(30)13-40(34,35)14-21(31)28-26-29(12-22(32)36-3)17-7-5-6-8-18(17)39-26/h5-8,15H,4,9-14H2,1-3H3,(H,27,30). The average Bonchev–Trinajstić information content (AvgIpc) is 3.39. The minimum atomic E-state index is -4.21. The number of hydrogen-bond acceptors (Lipinski definition) is 10. The van der Waals surface area contributed by atoms with E-state index in [2.05, 4.69) is 17.2 Å². The molecule has 0 saturated carbocycles. The first kappa shape index (κ1) is 29.6. The maximum atomic E-state index is 12.8. The van der Waals surface area contributed by atoms with E-state index in [0.717, 1.165) is 39.3 Å². The predicted octanol–water partition coefficient (Wildman–Crippen LogP) is 2.72. The second-order valence-electron chi connectivity index (χ2n) is 9.38. The van der Waals surface area contributed by atoms with Crippen molar-refractivity contribution < 1.29 is 37.1 Å². The van der Waals surface area contributed by atoms with Gasteiger partial charge < -0.3 is 19.4 Å². The van der Waals surface area contributed by atoms with Gasteiger partial charge in [0.2, 0.25) is 5.91 Å². The van der Waals surface area contributed by atoms with Gasteiger partial charge in [0, 0.05) is 4.88 Å². The Kier molecular flexibility index (Phi) is 9.21. The summed E-state index contributed by atoms with van der Waals surface area (Å²) in [6.45, 7) is 3.73. The molecule has 0 radical (unpaired) electrons. The maximum Gasteiger partial charge on any atom is 0.341 e. The number of nitrogens with zero attached hydrogens (tertiary/aromatic N) is 2. The Balaban J connectivity index is 1.51. The summed E-state index contributed by atoms with van der Waals surface area (Å²) in [6, 6.07) is 7.07. The summed E-state index contributed by atoms with van der Waals surface area (Å²) in [5, 5.41) is 2.81. The monoisotopic (exact) mass is 607 g/mol. The normalized spacial score (nSPS) is 15.5. The molecule has 0 bridgehead atoms. The fourth-order valence-electron chi connectivity index (χ4n) is 4.45. The van der Waals surface area contributed by atoms with Crippen molar-refractivity contribution in [3.05, 3.63) is 45.1 Å². The van der Waals surface area contributed by atoms with Crippen molar-refractivity contribution in [3.63, 3.8) is 0 Å². The molecule has 214 valence electrons. The number of rotatable bonds is 9. The molecule has 0 spiro atoms. The number of para-hydroxylation sites is 1. The Morgan fingerprint density at radius 1 is 1.15 bits per heavy atom. The number of carbonyl (C=O) groups is 4. The number of carbonyl (C=O) groups excluding carboxylic acids is 4. The van der Waals surface area contributed by atoms with Gasteiger partial charge in [0.1, 0.15) is 23.1 Å². The molecule has 1 N–H and O–H groups in total. The topological polar surface area (TPSA) is 150 Å². The minimum Gasteiger partial charge on any atom is -0.468 e. The Labute approximate surface area is 238 Å². The molecular weight excluding hydrogens is 579 g/mol. The SMILES string of the molecule is CCOC(=O)c1c(NC(=O)CS(=O)(=O)CC(=O)N=c2sc3ccccc3n2CC(=O)OC)sc2c1CCC(C)C2. The minimum absolute atomic E-state index is 0.133. The van der Waals surface area contributed by atoms with Gasteiger partial charge in [-0.25, -0.2) is 13.2 Å². The third kappa shape index (κ3) is 6.85. The molecule has 1 unspecified atom stereocenters. The zero-order chi connectivity index (χ0) is 29.0. The van der Waals surface area contributed by atoms with Crippen LogP contribution < -0.4 is 10.1 Å². The first-order valence-corrected chi connectivity index (χ1v) is 16.0. The molecule has 2 aromatic heterocycles. The molecule has 2 heterocycles. The molecule has 4 rings (SSSR count). The molecule has 40 heavy (non-hydrogen) atoms. The number of sulfone groups is 1. The first-order chi connectivity index (χ1) is 19.0. The molecule has 1 atom stereocenters. The van der Waals surface area contributed by atoms with Gasteiger partial charge >= 0.3 is 11.9 Å². The number of esters is 2. The van der Waals surface area contributed by atoms with E-state index >= 15 is 0 Å². The summed E-state index contributed by atoms with van der Waals surface area (Å²) in [5.74, 6) is -4.52. The number of methoxy groups -OCH3 is 1. The van der Waals surface area contributed by atoms with E-state index in [4.69, 9.17) is 9.47 Å². The van der Waals surface area contributed by atoms with Crippen LogP contribution in [0.5, 0.6) is 0 Å². The number of aromatic nitrogens is 1. The Bertz CT molecular complexity index is 1650. The van der Waals surface area contributed by atoms with Gasteiger partial charge in [-0.1, -0.05) is 30.4 Å². The Morgan fingerprint density at radius 3 is 2.62 bits per heavy atom. The lowest BCUT2D eigenvalue weighted by atomic mass is 9.88. The van der Waals surface area contributed by atoms with Crippen LogP contribution in [0.4, 0.5) is 5.00 Å². The largest absolute Gasteiger partial charge is 0.468 e. The van der Waals surface area contributed by atoms with E-state index in [0.29, 0.717) is 17.9 Å². The van der Waals surface area contributed by atoms with Crippen LogP contribution in [0.25, 0.3) is 10.2 Å². The number of thiazole rings is 1. The highest BCUT2D eigenvalue weighted by molar-refractivity contribution is 7.92. The fourth-order valence-corrected chi connectivity index (χ4v) is 7.93. The summed E-state index contributed by atoms with van der Waals surface area (Å²) >= 11 is 2.37. The molecule has 14 heteroatoms. The van der Waals surface area contributed by atoms with Crippen molar-refractivity contribution in [3.8, 4) is 0 Å². The van der Waals surface area contributed by atoms with Crippen LogP contribution in [-0.2, 0) is 53.1 Å². The lowest BCUT2D eigenvalue weighted by Crippen LogP contribution is -2.29. The van der Waals surface area contributed by atoms with E-state index in [-0.39, 0.29) is 28.5 Å². The maximum absolute atomic E-state index is 12.8. The third-order valence-electron chi connectivity index (χ3n) is 6.26. The molecule has 1 aliphatic rings. The van der Waals surface area contributed by atoms with Gasteiger partial charge in [0.05, 0.1) is 29.5 Å². The number of benzene rings is 1. The summed E-state index contributed by atoms with van der Waals surface area (Å²) in [7, 11) is -2.97. The highest BCUT2D eigenvalue weighted by atomic mass is 32.2. The van der Waals surface area contributed by atoms with E-state index in [1.807, 2.05) is 0 Å². The van der Waals surface area contributed by atoms with Crippen molar-refractivity contribution >= 4 is 71.5 Å². The number of fused-ring (bicyclic) bond motifs is 2. The Morgan fingerprint density at radius 2 is 1.90 bits per heavy atom. The lowest BCUT2D eigenvalue weighted by Gasteiger charge is -2.18. The number of nitrogens with one attached hydrogen (secondary N) is 1. The third-order valence-corrected chi connectivity index (χ3v) is 9.88. The fraction of sp³-hybridized carbons (Fsp3) is 0.423. The van der Waals surface area contributed by atoms with Crippen molar-refractivity contribution in [1.82, 2.24) is 4.57 Å². The van der Waals surface area contributed by atoms with Crippen LogP contribution in [0.2, 0.25) is 0 Å². The molecule has 3 aromatic rings. The highest BCUT2D eigenvalue weighted by Crippen LogP contribution is 2.40. The molecule has 0 saturated heterocycles. The lowest BCUT2D eigenvalue weighted by molar-refractivity contribution is -0.141. The molecule has 0 fully saturated rings. The van der Waals surface area contributed by atoms with Crippen LogP contribution in [-0.4, -0.2) is 62.0 Å². The zero-order valence-corrected chi connectivity index (χ0v) is 24.7. The second-order valence-corrected chi connectivity index (χ2v) is 13.6. The average molecular weight is 608 g/mol. The molecule has 1 aromatic carbocycles. The van der Waals surface area contributed by atoms with E-state index in [9.17, 15) is 27.6 Å². The van der Waals surface area contributed by atoms with Gasteiger partial charge in [0.15, 0.2) is 14.6 Å². The van der Waals surface area contributed by atoms with Crippen molar-refractivity contribution in [2.24, 2.45) is 10.9 Å². The van der Waals surface area contributed by atoms with Crippen LogP contribution in [0.15, 0.2) is 29.3 Å². The van der Waals surface area contributed by atoms with Gasteiger partial charge in [-0.05, 0) is 49.8 Å². The number of amides is 2. The van der Waals surface area contributed by atoms with E-state index in [1.165, 1.54) is 23.0 Å². The number of anilines is 1. The summed E-state index contributed by atoms with van der Waals surface area (Å²) in [6.07, 6.45) is 2.31. The second kappa shape index (κ2) is 12.4. The van der Waals surface area contributed by atoms with Crippen LogP contribution in [0, 0.1) is 5.92 Å². The molecule has 1 aliphatic carbocycles. The Hall–Kier alpha value is -3.36. The number of hydrogen-bond donors (Lipinski definition) is 1. The zero-order valence-electron chi connectivity index (χ0n) is 22.2. The van der Waals surface area contributed by atoms with Crippen molar-refractivity contribution in [1.29, 1.82) is 0 Å². The molecular formula is C26H29N3O8S3. The summed E-state index contributed by atoms with van der Waals surface area (Å²) in [4.78, 5) is 55.1. The van der Waals surface area contributed by atoms with Crippen molar-refractivity contribution in [2.75, 3.05) is 30.5 Å². The van der Waals surface area contributed by atoms with Gasteiger partial charge in [-0.15, -0.1) is 11.3 Å². The van der Waals surface area contributed by atoms with Crippen molar-refractivity contribution in [2.45, 2.75) is 39.7 Å². The molecule has 2 amide bonds. The van der Waals surface area contributed by atoms with E-state index in [1.54, 1.807) is 31.2 Å². The smallest absolute Gasteiger partial charge is 0.341 e. The molecule has 11 nitrogen and oxygen atoms in total. The van der Waals surface area contributed by atoms with Crippen LogP contribution in [0.3, 0.4) is 0 Å². The van der Waals surface area contributed by atoms with E-state index < -0.39 is 45.1 Å². The van der Waals surface area contributed by atoms with Gasteiger partial charge in [-0.3, -0.25) is 14.4 Å².